The molecule has 0 spiro atoms. The number of carbonyl (C=O) groups is 4. The second kappa shape index (κ2) is 13.5. The molecule has 0 saturated carbocycles. The number of fused-ring (bicyclic) bond motifs is 4. The summed E-state index contributed by atoms with van der Waals surface area (Å²) in [6, 6.07) is 17.6. The first-order valence-corrected chi connectivity index (χ1v) is 15.5. The largest absolute Gasteiger partial charge is 0.465 e. The van der Waals surface area contributed by atoms with Gasteiger partial charge in [-0.25, -0.2) is 9.59 Å². The van der Waals surface area contributed by atoms with Crippen molar-refractivity contribution in [3.8, 4) is 0 Å². The van der Waals surface area contributed by atoms with Crippen molar-refractivity contribution in [2.24, 2.45) is 5.92 Å². The van der Waals surface area contributed by atoms with Gasteiger partial charge in [-0.15, -0.1) is 0 Å². The minimum Gasteiger partial charge on any atom is -0.465 e. The molecule has 2 aliphatic heterocycles. The number of pyridine rings is 1. The number of alkyl halides is 3. The Morgan fingerprint density at radius 2 is 1.40 bits per heavy atom. The third-order valence-electron chi connectivity index (χ3n) is 8.81. The summed E-state index contributed by atoms with van der Waals surface area (Å²) in [6.07, 6.45) is -3.81. The molecular weight excluding hydrogens is 657 g/mol. The highest BCUT2D eigenvalue weighted by Gasteiger charge is 2.36. The molecule has 2 bridgehead atoms. The van der Waals surface area contributed by atoms with E-state index in [1.54, 1.807) is 16.7 Å². The lowest BCUT2D eigenvalue weighted by molar-refractivity contribution is -0.137. The average Bonchev–Trinajstić information content (AvgIpc) is 3.10. The Bertz CT molecular complexity index is 2040. The maximum absolute atomic E-state index is 13.6. The van der Waals surface area contributed by atoms with Crippen LogP contribution < -0.4 is 21.1 Å². The van der Waals surface area contributed by atoms with E-state index < -0.39 is 35.5 Å². The number of nitrogens with zero attached hydrogens (tertiary/aromatic N) is 2. The van der Waals surface area contributed by atoms with E-state index in [1.165, 1.54) is 42.5 Å². The topological polar surface area (TPSA) is 136 Å². The monoisotopic (exact) mass is 688 g/mol. The first-order chi connectivity index (χ1) is 23.8. The highest BCUT2D eigenvalue weighted by atomic mass is 19.4. The van der Waals surface area contributed by atoms with Crippen LogP contribution in [0.15, 0.2) is 83.7 Å². The summed E-state index contributed by atoms with van der Waals surface area (Å²) in [4.78, 5) is 66.1. The molecule has 2 N–H and O–H groups in total. The van der Waals surface area contributed by atoms with E-state index in [9.17, 15) is 37.1 Å². The van der Waals surface area contributed by atoms with Crippen molar-refractivity contribution < 1.29 is 41.8 Å². The number of anilines is 3. The summed E-state index contributed by atoms with van der Waals surface area (Å²) in [5, 5.41) is 5.36. The number of rotatable bonds is 7. The van der Waals surface area contributed by atoms with Gasteiger partial charge in [0.2, 0.25) is 0 Å². The molecule has 2 unspecified atom stereocenters. The molecule has 1 saturated heterocycles. The maximum Gasteiger partial charge on any atom is 0.416 e. The van der Waals surface area contributed by atoms with E-state index in [4.69, 9.17) is 9.47 Å². The maximum atomic E-state index is 13.6. The van der Waals surface area contributed by atoms with Crippen molar-refractivity contribution in [3.63, 3.8) is 0 Å². The van der Waals surface area contributed by atoms with E-state index in [0.717, 1.165) is 44.5 Å². The molecule has 14 heteroatoms. The van der Waals surface area contributed by atoms with E-state index >= 15 is 0 Å². The second-order valence-corrected chi connectivity index (χ2v) is 12.1. The van der Waals surface area contributed by atoms with Crippen LogP contribution in [-0.4, -0.2) is 55.6 Å². The second-order valence-electron chi connectivity index (χ2n) is 12.1. The minimum absolute atomic E-state index is 0.00233. The molecule has 2 aliphatic rings. The molecule has 3 heterocycles. The summed E-state index contributed by atoms with van der Waals surface area (Å²) in [6.45, 7) is 1.51. The zero-order chi connectivity index (χ0) is 35.7. The molecule has 0 aliphatic carbocycles. The van der Waals surface area contributed by atoms with E-state index in [2.05, 4.69) is 10.6 Å². The molecule has 3 aromatic carbocycles. The lowest BCUT2D eigenvalue weighted by Gasteiger charge is -2.44. The fourth-order valence-electron chi connectivity index (χ4n) is 6.55. The van der Waals surface area contributed by atoms with Gasteiger partial charge >= 0.3 is 18.1 Å². The summed E-state index contributed by atoms with van der Waals surface area (Å²) in [5.74, 6) is -2.91. The van der Waals surface area contributed by atoms with Crippen LogP contribution in [0.3, 0.4) is 0 Å². The third kappa shape index (κ3) is 6.95. The minimum atomic E-state index is -4.66. The SMILES string of the molecule is COC(=O)c1cc(NC(=O)c2ccc(N3CC4CC(C3)c3cccc(=O)n3C4)c(NC(=O)c3cccc(C(F)(F)F)c3)c2)cc(C(=O)OC)c1. The van der Waals surface area contributed by atoms with Gasteiger partial charge < -0.3 is 29.6 Å². The summed E-state index contributed by atoms with van der Waals surface area (Å²) < 4.78 is 51.7. The average molecular weight is 689 g/mol. The number of amides is 2. The fraction of sp³-hybridized carbons (Fsp3) is 0.250. The molecule has 0 radical (unpaired) electrons. The number of carbonyl (C=O) groups excluding carboxylic acids is 4. The van der Waals surface area contributed by atoms with Gasteiger partial charge in [-0.1, -0.05) is 12.1 Å². The van der Waals surface area contributed by atoms with E-state index in [0.29, 0.717) is 25.3 Å². The van der Waals surface area contributed by atoms with Crippen LogP contribution in [0.4, 0.5) is 30.2 Å². The van der Waals surface area contributed by atoms with Crippen molar-refractivity contribution >= 4 is 40.8 Å². The Morgan fingerprint density at radius 1 is 0.740 bits per heavy atom. The van der Waals surface area contributed by atoms with Crippen molar-refractivity contribution in [2.75, 3.05) is 42.8 Å². The van der Waals surface area contributed by atoms with Gasteiger partial charge in [0.25, 0.3) is 17.4 Å². The van der Waals surface area contributed by atoms with Crippen molar-refractivity contribution in [3.05, 3.63) is 123 Å². The smallest absolute Gasteiger partial charge is 0.416 e. The van der Waals surface area contributed by atoms with Gasteiger partial charge in [0.15, 0.2) is 0 Å². The van der Waals surface area contributed by atoms with Crippen molar-refractivity contribution in [1.82, 2.24) is 4.57 Å². The number of benzene rings is 3. The Balaban J connectivity index is 1.35. The van der Waals surface area contributed by atoms with Gasteiger partial charge in [-0.3, -0.25) is 14.4 Å². The zero-order valence-electron chi connectivity index (χ0n) is 26.9. The number of esters is 2. The van der Waals surface area contributed by atoms with Crippen LogP contribution in [0.5, 0.6) is 0 Å². The number of halogens is 3. The first-order valence-electron chi connectivity index (χ1n) is 15.5. The molecule has 2 atom stereocenters. The van der Waals surface area contributed by atoms with Gasteiger partial charge in [0, 0.05) is 54.1 Å². The predicted octanol–water partition coefficient (Wildman–Crippen LogP) is 5.57. The van der Waals surface area contributed by atoms with Crippen LogP contribution in [0.1, 0.15) is 65.0 Å². The number of ether oxygens (including phenoxy) is 2. The highest BCUT2D eigenvalue weighted by molar-refractivity contribution is 6.10. The molecule has 50 heavy (non-hydrogen) atoms. The Kier molecular flexibility index (Phi) is 9.19. The Morgan fingerprint density at radius 3 is 2.08 bits per heavy atom. The lowest BCUT2D eigenvalue weighted by atomic mass is 9.83. The number of piperidine rings is 1. The predicted molar refractivity (Wildman–Crippen MR) is 177 cm³/mol. The quantitative estimate of drug-likeness (QED) is 0.241. The molecular formula is C36H31F3N4O7. The summed E-state index contributed by atoms with van der Waals surface area (Å²) in [7, 11) is 2.33. The van der Waals surface area contributed by atoms with E-state index in [-0.39, 0.29) is 51.0 Å². The van der Waals surface area contributed by atoms with Crippen molar-refractivity contribution in [2.45, 2.75) is 25.1 Å². The normalized spacial score (nSPS) is 16.5. The van der Waals surface area contributed by atoms with Crippen LogP contribution >= 0.6 is 0 Å². The molecule has 6 rings (SSSR count). The number of methoxy groups -OCH3 is 2. The summed E-state index contributed by atoms with van der Waals surface area (Å²) >= 11 is 0. The number of hydrogen-bond acceptors (Lipinski definition) is 8. The van der Waals surface area contributed by atoms with Gasteiger partial charge in [0.1, 0.15) is 0 Å². The number of hydrogen-bond donors (Lipinski definition) is 2. The third-order valence-corrected chi connectivity index (χ3v) is 8.81. The van der Waals surface area contributed by atoms with Crippen LogP contribution in [0.2, 0.25) is 0 Å². The molecule has 2 amide bonds. The Hall–Kier alpha value is -5.92. The standard InChI is InChI=1S/C36H31F3N4O7/c1-49-34(47)23-12-24(35(48)50-2)15-27(14-23)40-32(45)22-9-10-30(28(16-22)41-33(46)21-5-3-6-26(13-21)36(37,38)39)42-17-20-11-25(19-42)29-7-4-8-31(44)43(29)18-20/h3-10,12-16,20,25H,11,17-19H2,1-2H3,(H,40,45)(H,41,46). The molecule has 1 fully saturated rings. The lowest BCUT2D eigenvalue weighted by Crippen LogP contribution is -2.47. The van der Waals surface area contributed by atoms with E-state index in [1.807, 2.05) is 11.0 Å². The van der Waals surface area contributed by atoms with Gasteiger partial charge in [-0.05, 0) is 73.0 Å². The van der Waals surface area contributed by atoms with Gasteiger partial charge in [0.05, 0.1) is 42.3 Å². The highest BCUT2D eigenvalue weighted by Crippen LogP contribution is 2.40. The Labute approximate surface area is 283 Å². The van der Waals surface area contributed by atoms with Gasteiger partial charge in [-0.2, -0.15) is 13.2 Å². The number of aromatic nitrogens is 1. The molecule has 4 aromatic rings. The number of nitrogens with one attached hydrogen (secondary N) is 2. The van der Waals surface area contributed by atoms with Crippen LogP contribution in [-0.2, 0) is 22.2 Å². The zero-order valence-corrected chi connectivity index (χ0v) is 26.9. The fourth-order valence-corrected chi connectivity index (χ4v) is 6.55. The van der Waals surface area contributed by atoms with Crippen LogP contribution in [0.25, 0.3) is 0 Å². The molecule has 11 nitrogen and oxygen atoms in total. The van der Waals surface area contributed by atoms with Crippen LogP contribution in [0, 0.1) is 5.92 Å². The van der Waals surface area contributed by atoms with Crippen molar-refractivity contribution in [1.29, 1.82) is 0 Å². The first kappa shape index (κ1) is 34.0. The molecule has 1 aromatic heterocycles. The molecule has 258 valence electrons. The summed E-state index contributed by atoms with van der Waals surface area (Å²) in [5.41, 5.74) is 0.392.